The quantitative estimate of drug-likeness (QED) is 0.856. The molecule has 16 heavy (non-hydrogen) atoms. The lowest BCUT2D eigenvalue weighted by molar-refractivity contribution is 0.0694. The predicted octanol–water partition coefficient (Wildman–Crippen LogP) is 1.98. The van der Waals surface area contributed by atoms with Gasteiger partial charge in [0.05, 0.1) is 16.2 Å². The number of aliphatic hydroxyl groups is 1. The fourth-order valence-electron chi connectivity index (χ4n) is 1.07. The van der Waals surface area contributed by atoms with E-state index >= 15 is 0 Å². The molecule has 1 aromatic rings. The smallest absolute Gasteiger partial charge is 0.253 e. The Morgan fingerprint density at radius 2 is 2.19 bits per heavy atom. The Morgan fingerprint density at radius 1 is 1.56 bits per heavy atom. The van der Waals surface area contributed by atoms with Gasteiger partial charge in [0, 0.05) is 6.54 Å². The lowest BCUT2D eigenvalue weighted by Crippen LogP contribution is -2.38. The first-order chi connectivity index (χ1) is 7.31. The largest absolute Gasteiger partial charge is 0.389 e. The van der Waals surface area contributed by atoms with Crippen LogP contribution < -0.4 is 5.32 Å². The van der Waals surface area contributed by atoms with Gasteiger partial charge in [-0.1, -0.05) is 17.7 Å². The van der Waals surface area contributed by atoms with E-state index in [4.69, 9.17) is 11.6 Å². The molecule has 0 radical (unpaired) electrons. The van der Waals surface area contributed by atoms with Gasteiger partial charge in [0.2, 0.25) is 0 Å². The molecule has 0 atom stereocenters. The van der Waals surface area contributed by atoms with E-state index in [2.05, 4.69) is 5.32 Å². The van der Waals surface area contributed by atoms with Crippen LogP contribution in [0.15, 0.2) is 18.2 Å². The maximum Gasteiger partial charge on any atom is 0.253 e. The molecular weight excluding hydrogens is 233 g/mol. The van der Waals surface area contributed by atoms with Gasteiger partial charge >= 0.3 is 0 Å². The first-order valence-electron chi connectivity index (χ1n) is 4.76. The van der Waals surface area contributed by atoms with E-state index < -0.39 is 17.3 Å². The maximum atomic E-state index is 13.1. The molecular formula is C11H13ClFNO2. The first kappa shape index (κ1) is 12.9. The van der Waals surface area contributed by atoms with Crippen LogP contribution in [0.4, 0.5) is 4.39 Å². The van der Waals surface area contributed by atoms with Gasteiger partial charge in [0.1, 0.15) is 5.82 Å². The van der Waals surface area contributed by atoms with Crippen molar-refractivity contribution in [2.45, 2.75) is 19.4 Å². The van der Waals surface area contributed by atoms with Crippen LogP contribution in [0.5, 0.6) is 0 Å². The van der Waals surface area contributed by atoms with Crippen molar-refractivity contribution >= 4 is 17.5 Å². The molecule has 88 valence electrons. The molecule has 0 saturated carbocycles. The fourth-order valence-corrected chi connectivity index (χ4v) is 1.28. The Hall–Kier alpha value is -1.13. The van der Waals surface area contributed by atoms with E-state index in [0.717, 1.165) is 0 Å². The summed E-state index contributed by atoms with van der Waals surface area (Å²) in [7, 11) is 0. The van der Waals surface area contributed by atoms with Crippen LogP contribution in [0, 0.1) is 5.82 Å². The predicted molar refractivity (Wildman–Crippen MR) is 60.0 cm³/mol. The van der Waals surface area contributed by atoms with Crippen molar-refractivity contribution in [1.82, 2.24) is 5.32 Å². The number of carbonyl (C=O) groups excluding carboxylic acids is 1. The number of halogens is 2. The standard InChI is InChI=1S/C11H13ClFNO2/c1-11(2,16)6-14-10(15)7-4-3-5-8(13)9(7)12/h3-5,16H,6H2,1-2H3,(H,14,15). The van der Waals surface area contributed by atoms with Crippen LogP contribution in [0.1, 0.15) is 24.2 Å². The van der Waals surface area contributed by atoms with Gasteiger partial charge < -0.3 is 10.4 Å². The number of hydrogen-bond acceptors (Lipinski definition) is 2. The molecule has 2 N–H and O–H groups in total. The van der Waals surface area contributed by atoms with E-state index in [0.29, 0.717) is 0 Å². The SMILES string of the molecule is CC(C)(O)CNC(=O)c1cccc(F)c1Cl. The van der Waals surface area contributed by atoms with Crippen molar-refractivity contribution in [3.63, 3.8) is 0 Å². The van der Waals surface area contributed by atoms with Crippen LogP contribution in [0.2, 0.25) is 5.02 Å². The molecule has 0 heterocycles. The van der Waals surface area contributed by atoms with Gasteiger partial charge in [-0.2, -0.15) is 0 Å². The number of carbonyl (C=O) groups is 1. The third-order valence-electron chi connectivity index (χ3n) is 1.88. The average Bonchev–Trinajstić information content (AvgIpc) is 2.17. The minimum Gasteiger partial charge on any atom is -0.389 e. The zero-order valence-corrected chi connectivity index (χ0v) is 9.81. The maximum absolute atomic E-state index is 13.1. The number of nitrogens with one attached hydrogen (secondary N) is 1. The summed E-state index contributed by atoms with van der Waals surface area (Å²) in [4.78, 5) is 11.6. The summed E-state index contributed by atoms with van der Waals surface area (Å²) >= 11 is 5.64. The second kappa shape index (κ2) is 4.80. The van der Waals surface area contributed by atoms with Gasteiger partial charge in [-0.25, -0.2) is 4.39 Å². The second-order valence-corrected chi connectivity index (χ2v) is 4.47. The zero-order valence-electron chi connectivity index (χ0n) is 9.05. The molecule has 0 bridgehead atoms. The van der Waals surface area contributed by atoms with Crippen LogP contribution in [-0.4, -0.2) is 23.2 Å². The Morgan fingerprint density at radius 3 is 2.75 bits per heavy atom. The molecule has 0 spiro atoms. The van der Waals surface area contributed by atoms with Crippen LogP contribution in [0.25, 0.3) is 0 Å². The molecule has 1 amide bonds. The molecule has 0 aliphatic heterocycles. The van der Waals surface area contributed by atoms with Crippen LogP contribution >= 0.6 is 11.6 Å². The summed E-state index contributed by atoms with van der Waals surface area (Å²) in [5, 5.41) is 11.7. The minimum atomic E-state index is -1.02. The molecule has 0 aromatic heterocycles. The number of amides is 1. The van der Waals surface area contributed by atoms with Crippen LogP contribution in [0.3, 0.4) is 0 Å². The van der Waals surface area contributed by atoms with Crippen molar-refractivity contribution in [1.29, 1.82) is 0 Å². The summed E-state index contributed by atoms with van der Waals surface area (Å²) in [6.07, 6.45) is 0. The van der Waals surface area contributed by atoms with Gasteiger partial charge in [-0.3, -0.25) is 4.79 Å². The molecule has 0 aliphatic carbocycles. The summed E-state index contributed by atoms with van der Waals surface area (Å²) in [5.41, 5.74) is -0.957. The Balaban J connectivity index is 2.78. The lowest BCUT2D eigenvalue weighted by Gasteiger charge is -2.17. The molecule has 0 unspecified atom stereocenters. The second-order valence-electron chi connectivity index (χ2n) is 4.10. The Labute approximate surface area is 98.2 Å². The topological polar surface area (TPSA) is 49.3 Å². The number of benzene rings is 1. The summed E-state index contributed by atoms with van der Waals surface area (Å²) in [6.45, 7) is 3.18. The van der Waals surface area contributed by atoms with Gasteiger partial charge in [-0.15, -0.1) is 0 Å². The minimum absolute atomic E-state index is 0.0610. The van der Waals surface area contributed by atoms with Crippen molar-refractivity contribution < 1.29 is 14.3 Å². The van der Waals surface area contributed by atoms with E-state index in [9.17, 15) is 14.3 Å². The molecule has 0 fully saturated rings. The Bertz CT molecular complexity index is 401. The van der Waals surface area contributed by atoms with E-state index in [1.54, 1.807) is 13.8 Å². The normalized spacial score (nSPS) is 11.3. The molecule has 1 aromatic carbocycles. The molecule has 3 nitrogen and oxygen atoms in total. The third kappa shape index (κ3) is 3.47. The highest BCUT2D eigenvalue weighted by Gasteiger charge is 2.17. The highest BCUT2D eigenvalue weighted by Crippen LogP contribution is 2.19. The van der Waals surface area contributed by atoms with Crippen molar-refractivity contribution in [3.05, 3.63) is 34.6 Å². The van der Waals surface area contributed by atoms with Gasteiger partial charge in [0.15, 0.2) is 0 Å². The average molecular weight is 246 g/mol. The molecule has 0 saturated heterocycles. The summed E-state index contributed by atoms with van der Waals surface area (Å²) < 4.78 is 13.1. The molecule has 0 aliphatic rings. The monoisotopic (exact) mass is 245 g/mol. The third-order valence-corrected chi connectivity index (χ3v) is 2.26. The molecule has 1 rings (SSSR count). The fraction of sp³-hybridized carbons (Fsp3) is 0.364. The lowest BCUT2D eigenvalue weighted by atomic mass is 10.1. The highest BCUT2D eigenvalue weighted by atomic mass is 35.5. The zero-order chi connectivity index (χ0) is 12.3. The van der Waals surface area contributed by atoms with Crippen molar-refractivity contribution in [3.8, 4) is 0 Å². The van der Waals surface area contributed by atoms with E-state index in [1.165, 1.54) is 18.2 Å². The van der Waals surface area contributed by atoms with Crippen molar-refractivity contribution in [2.24, 2.45) is 0 Å². The summed E-state index contributed by atoms with van der Waals surface area (Å²) in [6, 6.07) is 4.00. The number of hydrogen-bond donors (Lipinski definition) is 2. The van der Waals surface area contributed by atoms with Crippen molar-refractivity contribution in [2.75, 3.05) is 6.54 Å². The molecule has 5 heteroatoms. The Kier molecular flexibility index (Phi) is 3.88. The first-order valence-corrected chi connectivity index (χ1v) is 5.13. The van der Waals surface area contributed by atoms with Gasteiger partial charge in [-0.05, 0) is 26.0 Å². The van der Waals surface area contributed by atoms with E-state index in [1.807, 2.05) is 0 Å². The van der Waals surface area contributed by atoms with E-state index in [-0.39, 0.29) is 17.1 Å². The van der Waals surface area contributed by atoms with Gasteiger partial charge in [0.25, 0.3) is 5.91 Å². The number of rotatable bonds is 3. The van der Waals surface area contributed by atoms with Crippen LogP contribution in [-0.2, 0) is 0 Å². The highest BCUT2D eigenvalue weighted by molar-refractivity contribution is 6.34. The summed E-state index contributed by atoms with van der Waals surface area (Å²) in [5.74, 6) is -1.15.